The highest BCUT2D eigenvalue weighted by molar-refractivity contribution is 7.13. The highest BCUT2D eigenvalue weighted by Crippen LogP contribution is 2.29. The number of benzene rings is 2. The Bertz CT molecular complexity index is 1800. The first-order chi connectivity index (χ1) is 24.7. The Kier molecular flexibility index (Phi) is 12.1. The Balaban J connectivity index is 1.15. The minimum absolute atomic E-state index is 0.0536. The van der Waals surface area contributed by atoms with Crippen LogP contribution in [0.4, 0.5) is 0 Å². The molecule has 2 aliphatic rings. The van der Waals surface area contributed by atoms with Crippen molar-refractivity contribution >= 4 is 34.8 Å². The van der Waals surface area contributed by atoms with Crippen molar-refractivity contribution in [3.63, 3.8) is 0 Å². The number of nitrogens with zero attached hydrogens (tertiary/aromatic N) is 4. The third-order valence-corrected chi connectivity index (χ3v) is 10.5. The molecule has 2 atom stereocenters. The number of phenols is 1. The van der Waals surface area contributed by atoms with E-state index in [1.54, 1.807) is 46.6 Å². The lowest BCUT2D eigenvalue weighted by atomic mass is 9.85. The Hall–Kier alpha value is -5.08. The predicted molar refractivity (Wildman–Crippen MR) is 204 cm³/mol. The topological polar surface area (TPSA) is 196 Å². The lowest BCUT2D eigenvalue weighted by Gasteiger charge is -2.38. The monoisotopic (exact) mass is 729 g/mol. The van der Waals surface area contributed by atoms with Crippen molar-refractivity contribution in [3.05, 3.63) is 88.5 Å². The van der Waals surface area contributed by atoms with Crippen molar-refractivity contribution in [1.29, 1.82) is 0 Å². The van der Waals surface area contributed by atoms with Crippen LogP contribution in [-0.4, -0.2) is 93.9 Å². The number of piperazine rings is 1. The summed E-state index contributed by atoms with van der Waals surface area (Å²) in [6.45, 7) is 10.8. The third kappa shape index (κ3) is 9.22. The molecule has 5 rings (SSSR count). The molecule has 0 radical (unpaired) electrons. The van der Waals surface area contributed by atoms with Gasteiger partial charge in [0.1, 0.15) is 23.7 Å². The fourth-order valence-electron chi connectivity index (χ4n) is 6.63. The number of likely N-dealkylation sites (tertiary alicyclic amines) is 1. The van der Waals surface area contributed by atoms with E-state index in [-0.39, 0.29) is 35.8 Å². The molecule has 14 heteroatoms. The van der Waals surface area contributed by atoms with E-state index in [4.69, 9.17) is 17.2 Å². The molecule has 278 valence electrons. The molecule has 9 N–H and O–H groups in total. The number of aryl methyl sites for hydroxylation is 1. The second-order valence-corrected chi connectivity index (χ2v) is 15.3. The minimum Gasteiger partial charge on any atom is -0.507 e. The summed E-state index contributed by atoms with van der Waals surface area (Å²) in [5.74, 6) is -0.570. The molecule has 52 heavy (non-hydrogen) atoms. The first kappa shape index (κ1) is 38.2. The van der Waals surface area contributed by atoms with Gasteiger partial charge in [-0.1, -0.05) is 57.2 Å². The molecule has 0 aliphatic carbocycles. The predicted octanol–water partition coefficient (Wildman–Crippen LogP) is 2.67. The Morgan fingerprint density at radius 1 is 1.02 bits per heavy atom. The van der Waals surface area contributed by atoms with E-state index in [9.17, 15) is 19.5 Å². The summed E-state index contributed by atoms with van der Waals surface area (Å²) in [5.41, 5.74) is 24.0. The number of nitrogens with two attached hydrogens (primary N) is 3. The number of carbonyl (C=O) groups is 3. The van der Waals surface area contributed by atoms with Crippen LogP contribution in [0, 0.1) is 12.3 Å². The summed E-state index contributed by atoms with van der Waals surface area (Å²) in [5, 5.41) is 16.2. The molecule has 2 aliphatic heterocycles. The summed E-state index contributed by atoms with van der Waals surface area (Å²) in [4.78, 5) is 51.9. The first-order valence-corrected chi connectivity index (χ1v) is 18.5. The Labute approximate surface area is 309 Å². The molecule has 3 amide bonds. The van der Waals surface area contributed by atoms with Crippen LogP contribution in [0.2, 0.25) is 0 Å². The van der Waals surface area contributed by atoms with Gasteiger partial charge in [-0.15, -0.1) is 11.3 Å². The molecular weight excluding hydrogens is 679 g/mol. The van der Waals surface area contributed by atoms with Crippen molar-refractivity contribution in [1.82, 2.24) is 30.3 Å². The van der Waals surface area contributed by atoms with Gasteiger partial charge in [0.2, 0.25) is 17.7 Å². The van der Waals surface area contributed by atoms with E-state index in [0.29, 0.717) is 69.1 Å². The van der Waals surface area contributed by atoms with E-state index < -0.39 is 17.5 Å². The maximum Gasteiger partial charge on any atom is 0.246 e. The lowest BCUT2D eigenvalue weighted by Crippen LogP contribution is -2.59. The number of phenolic OH excluding ortho intramolecular Hbond substituents is 1. The number of allylic oxidation sites excluding steroid dienone is 1. The summed E-state index contributed by atoms with van der Waals surface area (Å²) in [7, 11) is 0. The number of nitrogens with one attached hydrogen (secondary N) is 2. The minimum atomic E-state index is -0.813. The van der Waals surface area contributed by atoms with Crippen molar-refractivity contribution in [2.45, 2.75) is 59.2 Å². The van der Waals surface area contributed by atoms with Crippen LogP contribution in [-0.2, 0) is 20.9 Å². The first-order valence-electron chi connectivity index (χ1n) is 17.6. The fraction of sp³-hybridized carbons (Fsp3) is 0.421. The van der Waals surface area contributed by atoms with Crippen molar-refractivity contribution in [2.24, 2.45) is 22.6 Å². The van der Waals surface area contributed by atoms with Crippen LogP contribution in [0.1, 0.15) is 50.4 Å². The Morgan fingerprint density at radius 2 is 1.71 bits per heavy atom. The number of amides is 3. The quantitative estimate of drug-likeness (QED) is 0.160. The van der Waals surface area contributed by atoms with Gasteiger partial charge in [0.05, 0.1) is 28.3 Å². The van der Waals surface area contributed by atoms with Crippen LogP contribution in [0.3, 0.4) is 0 Å². The summed E-state index contributed by atoms with van der Waals surface area (Å²) >= 11 is 1.60. The highest BCUT2D eigenvalue weighted by Gasteiger charge is 2.42. The zero-order chi connectivity index (χ0) is 37.6. The van der Waals surface area contributed by atoms with Crippen molar-refractivity contribution in [2.75, 3.05) is 39.3 Å². The SMILES string of the molecule is Cc1ncsc1-c1ccc(CNC(=O)C2CCCN2C(=O)C(NC(=O)CN2CCN(C(/C=C(\N)c3ccccc3O)=C(N)N)CC2)C(C)(C)C)cc1. The van der Waals surface area contributed by atoms with Gasteiger partial charge in [0.25, 0.3) is 0 Å². The number of hydrogen-bond donors (Lipinski definition) is 6. The van der Waals surface area contributed by atoms with E-state index in [1.807, 2.05) is 67.3 Å². The molecule has 0 saturated carbocycles. The molecule has 3 aromatic rings. The third-order valence-electron chi connectivity index (χ3n) is 9.57. The summed E-state index contributed by atoms with van der Waals surface area (Å²) < 4.78 is 0. The normalized spacial score (nSPS) is 17.5. The van der Waals surface area contributed by atoms with Gasteiger partial charge in [-0.2, -0.15) is 0 Å². The Morgan fingerprint density at radius 3 is 2.33 bits per heavy atom. The molecule has 0 bridgehead atoms. The molecule has 1 aromatic heterocycles. The van der Waals surface area contributed by atoms with Crippen LogP contribution in [0.5, 0.6) is 5.75 Å². The maximum atomic E-state index is 14.0. The van der Waals surface area contributed by atoms with Crippen LogP contribution in [0.15, 0.2) is 71.6 Å². The molecule has 13 nitrogen and oxygen atoms in total. The molecular formula is C38H51N9O4S. The summed E-state index contributed by atoms with van der Waals surface area (Å²) in [6.07, 6.45) is 2.92. The van der Waals surface area contributed by atoms with Crippen LogP contribution >= 0.6 is 11.3 Å². The second kappa shape index (κ2) is 16.5. The van der Waals surface area contributed by atoms with E-state index >= 15 is 0 Å². The van der Waals surface area contributed by atoms with Crippen molar-refractivity contribution < 1.29 is 19.5 Å². The number of thiazole rings is 1. The molecule has 2 saturated heterocycles. The van der Waals surface area contributed by atoms with E-state index in [1.165, 1.54) is 0 Å². The van der Waals surface area contributed by atoms with Gasteiger partial charge < -0.3 is 42.7 Å². The second-order valence-electron chi connectivity index (χ2n) is 14.5. The number of para-hydroxylation sites is 1. The number of aromatic hydroxyl groups is 1. The maximum absolute atomic E-state index is 14.0. The molecule has 2 unspecified atom stereocenters. The van der Waals surface area contributed by atoms with Crippen molar-refractivity contribution in [3.8, 4) is 16.2 Å². The highest BCUT2D eigenvalue weighted by atomic mass is 32.1. The number of aromatic nitrogens is 1. The van der Waals surface area contributed by atoms with Crippen LogP contribution in [0.25, 0.3) is 16.1 Å². The lowest BCUT2D eigenvalue weighted by molar-refractivity contribution is -0.144. The smallest absolute Gasteiger partial charge is 0.246 e. The number of hydrogen-bond acceptors (Lipinski definition) is 11. The van der Waals surface area contributed by atoms with E-state index in [0.717, 1.165) is 21.7 Å². The van der Waals surface area contributed by atoms with Gasteiger partial charge in [-0.3, -0.25) is 19.3 Å². The van der Waals surface area contributed by atoms with Gasteiger partial charge in [-0.05, 0) is 54.5 Å². The van der Waals surface area contributed by atoms with Crippen LogP contribution < -0.4 is 27.8 Å². The zero-order valence-corrected chi connectivity index (χ0v) is 31.2. The zero-order valence-electron chi connectivity index (χ0n) is 30.4. The van der Waals surface area contributed by atoms with Gasteiger partial charge >= 0.3 is 0 Å². The van der Waals surface area contributed by atoms with E-state index in [2.05, 4.69) is 15.6 Å². The summed E-state index contributed by atoms with van der Waals surface area (Å²) in [6, 6.07) is 13.4. The average Bonchev–Trinajstić information content (AvgIpc) is 3.78. The van der Waals surface area contributed by atoms with Gasteiger partial charge in [-0.25, -0.2) is 4.98 Å². The molecule has 3 heterocycles. The molecule has 2 aromatic carbocycles. The molecule has 0 spiro atoms. The standard InChI is InChI=1S/C38H51N9O4S/c1-24-33(52-23-43-24)26-13-11-25(12-14-26)21-42-36(50)29-9-7-15-47(29)37(51)34(38(2,3)4)44-32(49)22-45-16-18-46(19-17-45)30(35(40)41)20-28(39)27-8-5-6-10-31(27)48/h5-6,8,10-14,20,23,29,34,48H,7,9,15-19,21-22,39-41H2,1-4H3,(H,42,50)(H,44,49)/b28-20-. The van der Waals surface area contributed by atoms with Gasteiger partial charge in [0.15, 0.2) is 0 Å². The largest absolute Gasteiger partial charge is 0.507 e. The molecule has 2 fully saturated rings. The van der Waals surface area contributed by atoms with Gasteiger partial charge in [0, 0.05) is 50.5 Å². The number of rotatable bonds is 11. The average molecular weight is 730 g/mol. The fourth-order valence-corrected chi connectivity index (χ4v) is 7.45. The number of carbonyl (C=O) groups excluding carboxylic acids is 3.